The van der Waals surface area contributed by atoms with Crippen LogP contribution >= 0.6 is 12.4 Å². The van der Waals surface area contributed by atoms with Crippen LogP contribution in [0.4, 0.5) is 5.82 Å². The summed E-state index contributed by atoms with van der Waals surface area (Å²) in [5.74, 6) is 1.40. The quantitative estimate of drug-likeness (QED) is 0.579. The van der Waals surface area contributed by atoms with E-state index < -0.39 is 0 Å². The molecule has 0 aliphatic heterocycles. The van der Waals surface area contributed by atoms with Crippen molar-refractivity contribution in [2.75, 3.05) is 5.32 Å². The lowest BCUT2D eigenvalue weighted by Crippen LogP contribution is -2.09. The fourth-order valence-electron chi connectivity index (χ4n) is 2.91. The molecule has 5 nitrogen and oxygen atoms in total. The van der Waals surface area contributed by atoms with Crippen LogP contribution in [0.2, 0.25) is 0 Å². The summed E-state index contributed by atoms with van der Waals surface area (Å²) in [6.45, 7) is 4.69. The van der Waals surface area contributed by atoms with E-state index in [0.29, 0.717) is 12.5 Å². The van der Waals surface area contributed by atoms with E-state index in [4.69, 9.17) is 4.98 Å². The predicted molar refractivity (Wildman–Crippen MR) is 107 cm³/mol. The van der Waals surface area contributed by atoms with Crippen LogP contribution in [-0.4, -0.2) is 19.7 Å². The molecular formula is C20H20ClN5. The fourth-order valence-corrected chi connectivity index (χ4v) is 2.91. The molecule has 0 saturated carbocycles. The number of hydrogen-bond acceptors (Lipinski definition) is 4. The monoisotopic (exact) mass is 365 g/mol. The molecule has 0 spiro atoms. The van der Waals surface area contributed by atoms with Crippen molar-refractivity contribution in [3.8, 4) is 5.95 Å². The van der Waals surface area contributed by atoms with Gasteiger partial charge in [-0.3, -0.25) is 0 Å². The van der Waals surface area contributed by atoms with Crippen LogP contribution in [0.1, 0.15) is 17.0 Å². The molecule has 2 heterocycles. The van der Waals surface area contributed by atoms with E-state index in [1.54, 1.807) is 4.68 Å². The van der Waals surface area contributed by atoms with Gasteiger partial charge in [0.15, 0.2) is 0 Å². The second-order valence-electron chi connectivity index (χ2n) is 6.07. The molecule has 0 radical (unpaired) electrons. The summed E-state index contributed by atoms with van der Waals surface area (Å²) < 4.78 is 1.79. The van der Waals surface area contributed by atoms with Gasteiger partial charge >= 0.3 is 0 Å². The van der Waals surface area contributed by atoms with Crippen molar-refractivity contribution in [3.05, 3.63) is 77.6 Å². The van der Waals surface area contributed by atoms with Gasteiger partial charge in [-0.05, 0) is 37.6 Å². The van der Waals surface area contributed by atoms with E-state index in [1.807, 2.05) is 62.4 Å². The van der Waals surface area contributed by atoms with Crippen LogP contribution in [0.25, 0.3) is 16.9 Å². The Morgan fingerprint density at radius 1 is 0.923 bits per heavy atom. The number of anilines is 1. The first-order valence-corrected chi connectivity index (χ1v) is 8.29. The highest BCUT2D eigenvalue weighted by Gasteiger charge is 2.11. The van der Waals surface area contributed by atoms with Crippen molar-refractivity contribution in [1.82, 2.24) is 19.7 Å². The average Bonchev–Trinajstić information content (AvgIpc) is 2.98. The fraction of sp³-hybridized carbons (Fsp3) is 0.150. The summed E-state index contributed by atoms with van der Waals surface area (Å²) in [7, 11) is 0. The van der Waals surface area contributed by atoms with Crippen molar-refractivity contribution in [2.24, 2.45) is 0 Å². The van der Waals surface area contributed by atoms with Crippen LogP contribution in [0.15, 0.2) is 60.7 Å². The Morgan fingerprint density at radius 2 is 1.65 bits per heavy atom. The first-order chi connectivity index (χ1) is 12.2. The molecule has 132 valence electrons. The third-order valence-corrected chi connectivity index (χ3v) is 4.09. The highest BCUT2D eigenvalue weighted by molar-refractivity contribution is 5.89. The minimum atomic E-state index is 0. The summed E-state index contributed by atoms with van der Waals surface area (Å²) >= 11 is 0. The van der Waals surface area contributed by atoms with Gasteiger partial charge in [-0.2, -0.15) is 10.1 Å². The van der Waals surface area contributed by atoms with Crippen molar-refractivity contribution in [2.45, 2.75) is 20.4 Å². The van der Waals surface area contributed by atoms with E-state index in [2.05, 4.69) is 27.5 Å². The Morgan fingerprint density at radius 3 is 2.38 bits per heavy atom. The molecule has 0 amide bonds. The number of benzene rings is 2. The third-order valence-electron chi connectivity index (χ3n) is 4.09. The van der Waals surface area contributed by atoms with Crippen LogP contribution in [0.3, 0.4) is 0 Å². The summed E-state index contributed by atoms with van der Waals surface area (Å²) in [6, 6.07) is 20.3. The molecule has 0 saturated heterocycles. The van der Waals surface area contributed by atoms with Crippen molar-refractivity contribution in [1.29, 1.82) is 0 Å². The second-order valence-corrected chi connectivity index (χ2v) is 6.07. The molecule has 0 aliphatic carbocycles. The topological polar surface area (TPSA) is 55.6 Å². The average molecular weight is 366 g/mol. The number of para-hydroxylation sites is 1. The Bertz CT molecular complexity index is 1030. The normalized spacial score (nSPS) is 10.5. The lowest BCUT2D eigenvalue weighted by molar-refractivity contribution is 0.780. The van der Waals surface area contributed by atoms with Crippen LogP contribution < -0.4 is 5.32 Å². The summed E-state index contributed by atoms with van der Waals surface area (Å²) in [4.78, 5) is 9.42. The van der Waals surface area contributed by atoms with E-state index >= 15 is 0 Å². The first-order valence-electron chi connectivity index (χ1n) is 8.29. The molecular weight excluding hydrogens is 346 g/mol. The number of aryl methyl sites for hydroxylation is 2. The Balaban J connectivity index is 0.00000196. The minimum Gasteiger partial charge on any atom is -0.365 e. The molecule has 0 fully saturated rings. The van der Waals surface area contributed by atoms with Gasteiger partial charge in [-0.25, -0.2) is 9.67 Å². The lowest BCUT2D eigenvalue weighted by atomic mass is 10.2. The van der Waals surface area contributed by atoms with Gasteiger partial charge in [-0.15, -0.1) is 12.4 Å². The molecule has 0 bridgehead atoms. The summed E-state index contributed by atoms with van der Waals surface area (Å²) in [5, 5.41) is 8.96. The lowest BCUT2D eigenvalue weighted by Gasteiger charge is -2.11. The molecule has 2 aromatic carbocycles. The van der Waals surface area contributed by atoms with Crippen LogP contribution in [-0.2, 0) is 6.54 Å². The van der Waals surface area contributed by atoms with Gasteiger partial charge in [0.05, 0.1) is 11.2 Å². The zero-order valence-electron chi connectivity index (χ0n) is 14.7. The highest BCUT2D eigenvalue weighted by Crippen LogP contribution is 2.22. The van der Waals surface area contributed by atoms with Crippen LogP contribution in [0.5, 0.6) is 0 Å². The van der Waals surface area contributed by atoms with E-state index in [1.165, 1.54) is 5.56 Å². The maximum absolute atomic E-state index is 4.74. The second kappa shape index (κ2) is 7.54. The number of rotatable bonds is 4. The molecule has 6 heteroatoms. The Kier molecular flexibility index (Phi) is 5.19. The molecule has 0 atom stereocenters. The number of nitrogens with one attached hydrogen (secondary N) is 1. The Hall–Kier alpha value is -2.92. The first kappa shape index (κ1) is 17.9. The summed E-state index contributed by atoms with van der Waals surface area (Å²) in [6.07, 6.45) is 0. The van der Waals surface area contributed by atoms with Gasteiger partial charge in [0.25, 0.3) is 5.95 Å². The molecule has 1 N–H and O–H groups in total. The van der Waals surface area contributed by atoms with E-state index in [9.17, 15) is 0 Å². The Labute approximate surface area is 158 Å². The molecule has 0 unspecified atom stereocenters. The smallest absolute Gasteiger partial charge is 0.253 e. The minimum absolute atomic E-state index is 0. The van der Waals surface area contributed by atoms with Gasteiger partial charge in [0, 0.05) is 17.6 Å². The van der Waals surface area contributed by atoms with Gasteiger partial charge < -0.3 is 5.32 Å². The van der Waals surface area contributed by atoms with Crippen molar-refractivity contribution in [3.63, 3.8) is 0 Å². The van der Waals surface area contributed by atoms with Crippen LogP contribution in [0, 0.1) is 13.8 Å². The molecule has 0 aliphatic rings. The number of hydrogen-bond donors (Lipinski definition) is 1. The maximum Gasteiger partial charge on any atom is 0.253 e. The molecule has 2 aromatic heterocycles. The summed E-state index contributed by atoms with van der Waals surface area (Å²) in [5.41, 5.74) is 4.07. The van der Waals surface area contributed by atoms with Gasteiger partial charge in [0.2, 0.25) is 0 Å². The number of nitrogens with zero attached hydrogens (tertiary/aromatic N) is 4. The largest absolute Gasteiger partial charge is 0.365 e. The number of fused-ring (bicyclic) bond motifs is 1. The third kappa shape index (κ3) is 3.53. The SMILES string of the molecule is Cc1cc(C)n(-c2nc(NCc3ccccc3)c3ccccc3n2)n1.Cl. The van der Waals surface area contributed by atoms with Gasteiger partial charge in [-0.1, -0.05) is 42.5 Å². The highest BCUT2D eigenvalue weighted by atomic mass is 35.5. The van der Waals surface area contributed by atoms with E-state index in [0.717, 1.165) is 28.1 Å². The van der Waals surface area contributed by atoms with Crippen molar-refractivity contribution < 1.29 is 0 Å². The van der Waals surface area contributed by atoms with E-state index in [-0.39, 0.29) is 12.4 Å². The zero-order valence-corrected chi connectivity index (χ0v) is 15.5. The predicted octanol–water partition coefficient (Wildman–Crippen LogP) is 4.47. The molecule has 26 heavy (non-hydrogen) atoms. The molecule has 4 rings (SSSR count). The van der Waals surface area contributed by atoms with Crippen molar-refractivity contribution >= 4 is 29.1 Å². The standard InChI is InChI=1S/C20H19N5.ClH/c1-14-12-15(2)25(24-14)20-22-18-11-7-6-10-17(18)19(23-20)21-13-16-8-4-3-5-9-16;/h3-12H,13H2,1-2H3,(H,21,22,23);1H. The molecule has 4 aromatic rings. The van der Waals surface area contributed by atoms with Gasteiger partial charge in [0.1, 0.15) is 5.82 Å². The number of halogens is 1. The maximum atomic E-state index is 4.74. The number of aromatic nitrogens is 4. The zero-order chi connectivity index (χ0) is 17.2.